The van der Waals surface area contributed by atoms with Crippen LogP contribution in [0.15, 0.2) is 36.4 Å². The molecule has 1 aromatic carbocycles. The van der Waals surface area contributed by atoms with Crippen molar-refractivity contribution < 1.29 is 19.4 Å². The predicted molar refractivity (Wildman–Crippen MR) is 80.9 cm³/mol. The van der Waals surface area contributed by atoms with Crippen molar-refractivity contribution in [3.05, 3.63) is 42.0 Å². The van der Waals surface area contributed by atoms with Gasteiger partial charge in [-0.05, 0) is 32.8 Å². The third-order valence-electron chi connectivity index (χ3n) is 2.47. The summed E-state index contributed by atoms with van der Waals surface area (Å²) >= 11 is 0. The van der Waals surface area contributed by atoms with Crippen LogP contribution in [0.2, 0.25) is 0 Å². The Hall–Kier alpha value is -2.30. The first kappa shape index (κ1) is 16.8. The van der Waals surface area contributed by atoms with Crippen LogP contribution in [-0.4, -0.2) is 28.8 Å². The summed E-state index contributed by atoms with van der Waals surface area (Å²) in [5, 5.41) is 11.5. The molecule has 1 atom stereocenters. The second-order valence-electron chi connectivity index (χ2n) is 5.59. The molecule has 0 saturated carbocycles. The highest BCUT2D eigenvalue weighted by Crippen LogP contribution is 2.08. The zero-order chi connectivity index (χ0) is 15.9. The van der Waals surface area contributed by atoms with Crippen LogP contribution in [0.4, 0.5) is 4.79 Å². The molecule has 1 unspecified atom stereocenters. The average molecular weight is 291 g/mol. The molecule has 1 aromatic rings. The lowest BCUT2D eigenvalue weighted by atomic mass is 10.1. The van der Waals surface area contributed by atoms with Gasteiger partial charge in [-0.25, -0.2) is 9.59 Å². The fourth-order valence-electron chi connectivity index (χ4n) is 1.58. The normalized spacial score (nSPS) is 12.9. The molecule has 0 aliphatic carbocycles. The summed E-state index contributed by atoms with van der Waals surface area (Å²) in [6.45, 7) is 5.16. The summed E-state index contributed by atoms with van der Waals surface area (Å²) in [4.78, 5) is 22.7. The van der Waals surface area contributed by atoms with Crippen molar-refractivity contribution in [3.63, 3.8) is 0 Å². The van der Waals surface area contributed by atoms with E-state index in [1.165, 1.54) is 0 Å². The summed E-state index contributed by atoms with van der Waals surface area (Å²) in [7, 11) is 0. The Balaban J connectivity index is 2.56. The Labute approximate surface area is 124 Å². The van der Waals surface area contributed by atoms with Gasteiger partial charge in [-0.3, -0.25) is 0 Å². The number of hydrogen-bond donors (Lipinski definition) is 2. The summed E-state index contributed by atoms with van der Waals surface area (Å²) in [5.74, 6) is -1.10. The molecule has 0 aliphatic rings. The van der Waals surface area contributed by atoms with E-state index in [0.717, 1.165) is 5.56 Å². The summed E-state index contributed by atoms with van der Waals surface area (Å²) in [6.07, 6.45) is 2.98. The Bertz CT molecular complexity index is 503. The molecule has 114 valence electrons. The topological polar surface area (TPSA) is 75.6 Å². The number of amides is 1. The van der Waals surface area contributed by atoms with Gasteiger partial charge in [0.2, 0.25) is 0 Å². The van der Waals surface area contributed by atoms with Crippen LogP contribution in [0.1, 0.15) is 32.8 Å². The maximum atomic E-state index is 11.6. The molecule has 0 bridgehead atoms. The van der Waals surface area contributed by atoms with Crippen molar-refractivity contribution in [1.82, 2.24) is 5.32 Å². The first-order valence-electron chi connectivity index (χ1n) is 6.72. The molecule has 0 saturated heterocycles. The molecule has 0 aromatic heterocycles. The monoisotopic (exact) mass is 291 g/mol. The average Bonchev–Trinajstić information content (AvgIpc) is 2.36. The number of benzene rings is 1. The zero-order valence-corrected chi connectivity index (χ0v) is 12.5. The van der Waals surface area contributed by atoms with Gasteiger partial charge in [0.05, 0.1) is 0 Å². The molecule has 1 rings (SSSR count). The van der Waals surface area contributed by atoms with Crippen molar-refractivity contribution in [2.24, 2.45) is 0 Å². The third kappa shape index (κ3) is 7.15. The van der Waals surface area contributed by atoms with Gasteiger partial charge < -0.3 is 15.2 Å². The molecule has 2 N–H and O–H groups in total. The maximum absolute atomic E-state index is 11.6. The number of carbonyl (C=O) groups excluding carboxylic acids is 1. The predicted octanol–water partition coefficient (Wildman–Crippen LogP) is 3.07. The number of rotatable bonds is 5. The smallest absolute Gasteiger partial charge is 0.408 e. The van der Waals surface area contributed by atoms with Crippen LogP contribution < -0.4 is 5.32 Å². The molecular weight excluding hydrogens is 270 g/mol. The van der Waals surface area contributed by atoms with E-state index in [0.29, 0.717) is 0 Å². The maximum Gasteiger partial charge on any atom is 0.408 e. The Morgan fingerprint density at radius 2 is 1.90 bits per heavy atom. The van der Waals surface area contributed by atoms with Gasteiger partial charge in [0.25, 0.3) is 0 Å². The van der Waals surface area contributed by atoms with Gasteiger partial charge in [0.1, 0.15) is 11.6 Å². The minimum atomic E-state index is -1.10. The van der Waals surface area contributed by atoms with E-state index in [-0.39, 0.29) is 6.42 Å². The van der Waals surface area contributed by atoms with E-state index in [2.05, 4.69) is 5.32 Å². The minimum Gasteiger partial charge on any atom is -0.480 e. The van der Waals surface area contributed by atoms with Crippen molar-refractivity contribution in [3.8, 4) is 0 Å². The second-order valence-corrected chi connectivity index (χ2v) is 5.59. The van der Waals surface area contributed by atoms with Crippen LogP contribution in [0.25, 0.3) is 6.08 Å². The van der Waals surface area contributed by atoms with Gasteiger partial charge in [-0.15, -0.1) is 0 Å². The molecule has 0 radical (unpaired) electrons. The first-order valence-corrected chi connectivity index (χ1v) is 6.72. The largest absolute Gasteiger partial charge is 0.480 e. The van der Waals surface area contributed by atoms with Gasteiger partial charge in [-0.2, -0.15) is 0 Å². The van der Waals surface area contributed by atoms with Crippen LogP contribution in [0.5, 0.6) is 0 Å². The lowest BCUT2D eigenvalue weighted by molar-refractivity contribution is -0.139. The zero-order valence-electron chi connectivity index (χ0n) is 12.5. The van der Waals surface area contributed by atoms with E-state index in [4.69, 9.17) is 9.84 Å². The van der Waals surface area contributed by atoms with Crippen LogP contribution in [0.3, 0.4) is 0 Å². The lowest BCUT2D eigenvalue weighted by Gasteiger charge is -2.21. The van der Waals surface area contributed by atoms with Crippen molar-refractivity contribution in [2.75, 3.05) is 0 Å². The SMILES string of the molecule is CC(C)(C)OC(=O)NC(CC=Cc1ccccc1)C(=O)O. The van der Waals surface area contributed by atoms with Crippen molar-refractivity contribution in [1.29, 1.82) is 0 Å². The highest BCUT2D eigenvalue weighted by molar-refractivity contribution is 5.80. The molecule has 5 nitrogen and oxygen atoms in total. The molecular formula is C16H21NO4. The summed E-state index contributed by atoms with van der Waals surface area (Å²) < 4.78 is 5.05. The Kier molecular flexibility index (Phi) is 5.96. The van der Waals surface area contributed by atoms with E-state index >= 15 is 0 Å². The van der Waals surface area contributed by atoms with Crippen LogP contribution in [-0.2, 0) is 9.53 Å². The Morgan fingerprint density at radius 1 is 1.29 bits per heavy atom. The quantitative estimate of drug-likeness (QED) is 0.874. The van der Waals surface area contributed by atoms with Gasteiger partial charge in [0, 0.05) is 0 Å². The molecule has 1 amide bonds. The minimum absolute atomic E-state index is 0.184. The highest BCUT2D eigenvalue weighted by atomic mass is 16.6. The molecule has 0 heterocycles. The molecule has 21 heavy (non-hydrogen) atoms. The molecule has 0 spiro atoms. The number of hydrogen-bond acceptors (Lipinski definition) is 3. The number of carboxylic acids is 1. The molecule has 5 heteroatoms. The van der Waals surface area contributed by atoms with Gasteiger partial charge >= 0.3 is 12.1 Å². The van der Waals surface area contributed by atoms with E-state index in [1.807, 2.05) is 36.4 Å². The summed E-state index contributed by atoms with van der Waals surface area (Å²) in [6, 6.07) is 8.50. The second kappa shape index (κ2) is 7.47. The van der Waals surface area contributed by atoms with Gasteiger partial charge in [0.15, 0.2) is 0 Å². The van der Waals surface area contributed by atoms with E-state index in [1.54, 1.807) is 26.8 Å². The lowest BCUT2D eigenvalue weighted by Crippen LogP contribution is -2.43. The van der Waals surface area contributed by atoms with E-state index < -0.39 is 23.7 Å². The first-order chi connectivity index (χ1) is 9.78. The number of alkyl carbamates (subject to hydrolysis) is 1. The third-order valence-corrected chi connectivity index (χ3v) is 2.47. The fraction of sp³-hybridized carbons (Fsp3) is 0.375. The van der Waals surface area contributed by atoms with Crippen molar-refractivity contribution >= 4 is 18.1 Å². The van der Waals surface area contributed by atoms with Crippen LogP contribution in [0, 0.1) is 0 Å². The van der Waals surface area contributed by atoms with E-state index in [9.17, 15) is 9.59 Å². The standard InChI is InChI=1S/C16H21NO4/c1-16(2,3)21-15(20)17-13(14(18)19)11-7-10-12-8-5-4-6-9-12/h4-10,13H,11H2,1-3H3,(H,17,20)(H,18,19). The highest BCUT2D eigenvalue weighted by Gasteiger charge is 2.22. The number of carbonyl (C=O) groups is 2. The van der Waals surface area contributed by atoms with Crippen molar-refractivity contribution in [2.45, 2.75) is 38.8 Å². The Morgan fingerprint density at radius 3 is 2.43 bits per heavy atom. The number of aliphatic carboxylic acids is 1. The number of carboxylic acid groups (broad SMARTS) is 1. The van der Waals surface area contributed by atoms with Crippen LogP contribution >= 0.6 is 0 Å². The van der Waals surface area contributed by atoms with Gasteiger partial charge in [-0.1, -0.05) is 42.5 Å². The number of ether oxygens (including phenoxy) is 1. The fourth-order valence-corrected chi connectivity index (χ4v) is 1.58. The molecule has 0 fully saturated rings. The number of nitrogens with one attached hydrogen (secondary N) is 1. The molecule has 0 aliphatic heterocycles. The summed E-state index contributed by atoms with van der Waals surface area (Å²) in [5.41, 5.74) is 0.312.